The summed E-state index contributed by atoms with van der Waals surface area (Å²) >= 11 is 0. The van der Waals surface area contributed by atoms with E-state index in [0.717, 1.165) is 43.6 Å². The van der Waals surface area contributed by atoms with Crippen LogP contribution in [0.2, 0.25) is 0 Å². The summed E-state index contributed by atoms with van der Waals surface area (Å²) < 4.78 is 7.12. The summed E-state index contributed by atoms with van der Waals surface area (Å²) in [4.78, 5) is 20.4. The topological polar surface area (TPSA) is 66.4 Å². The Morgan fingerprint density at radius 2 is 2.00 bits per heavy atom. The molecule has 3 heterocycles. The molecule has 27 heavy (non-hydrogen) atoms. The van der Waals surface area contributed by atoms with Gasteiger partial charge in [-0.2, -0.15) is 5.10 Å². The molecule has 142 valence electrons. The highest BCUT2D eigenvalue weighted by molar-refractivity contribution is 5.98. The van der Waals surface area contributed by atoms with Crippen molar-refractivity contribution in [1.82, 2.24) is 24.6 Å². The molecule has 0 radical (unpaired) electrons. The molecule has 1 amide bonds. The maximum Gasteiger partial charge on any atom is 0.270 e. The molecule has 2 aromatic heterocycles. The lowest BCUT2D eigenvalue weighted by atomic mass is 10.2. The predicted octanol–water partition coefficient (Wildman–Crippen LogP) is 2.23. The van der Waals surface area contributed by atoms with E-state index in [-0.39, 0.29) is 5.91 Å². The van der Waals surface area contributed by atoms with Gasteiger partial charge in [0.1, 0.15) is 12.4 Å². The molecule has 1 saturated heterocycles. The zero-order valence-corrected chi connectivity index (χ0v) is 15.8. The highest BCUT2D eigenvalue weighted by Gasteiger charge is 2.24. The van der Waals surface area contributed by atoms with E-state index in [4.69, 9.17) is 4.74 Å². The largest absolute Gasteiger partial charge is 0.362 e. The van der Waals surface area contributed by atoms with Crippen LogP contribution in [0.25, 0.3) is 10.9 Å². The van der Waals surface area contributed by atoms with Crippen LogP contribution in [0, 0.1) is 6.92 Å². The Morgan fingerprint density at radius 1 is 1.22 bits per heavy atom. The molecular formula is C20H25N5O2. The van der Waals surface area contributed by atoms with Gasteiger partial charge in [0.2, 0.25) is 0 Å². The van der Waals surface area contributed by atoms with E-state index in [9.17, 15) is 4.79 Å². The van der Waals surface area contributed by atoms with Crippen molar-refractivity contribution in [2.45, 2.75) is 20.2 Å². The number of hydrogen-bond donors (Lipinski definition) is 1. The fourth-order valence-corrected chi connectivity index (χ4v) is 3.62. The number of piperazine rings is 1. The minimum Gasteiger partial charge on any atom is -0.362 e. The SMILES string of the molecule is COCn1ncc(C)c1CN1CCN(C(=O)c2cc3ccccc3[nH]2)CC1. The smallest absolute Gasteiger partial charge is 0.270 e. The average Bonchev–Trinajstić information content (AvgIpc) is 3.27. The van der Waals surface area contributed by atoms with Gasteiger partial charge < -0.3 is 14.6 Å². The molecule has 1 N–H and O–H groups in total. The Balaban J connectivity index is 1.38. The van der Waals surface area contributed by atoms with Crippen LogP contribution in [-0.4, -0.2) is 63.8 Å². The minimum absolute atomic E-state index is 0.0754. The maximum atomic E-state index is 12.8. The van der Waals surface area contributed by atoms with Gasteiger partial charge in [0.05, 0.1) is 11.9 Å². The number of nitrogens with zero attached hydrogens (tertiary/aromatic N) is 4. The molecule has 1 aromatic carbocycles. The fraction of sp³-hybridized carbons (Fsp3) is 0.400. The van der Waals surface area contributed by atoms with Gasteiger partial charge in [-0.3, -0.25) is 9.69 Å². The van der Waals surface area contributed by atoms with E-state index in [1.807, 2.05) is 46.1 Å². The van der Waals surface area contributed by atoms with Crippen molar-refractivity contribution in [2.24, 2.45) is 0 Å². The lowest BCUT2D eigenvalue weighted by Crippen LogP contribution is -2.48. The van der Waals surface area contributed by atoms with Crippen molar-refractivity contribution < 1.29 is 9.53 Å². The van der Waals surface area contributed by atoms with E-state index >= 15 is 0 Å². The number of amides is 1. The minimum atomic E-state index is 0.0754. The lowest BCUT2D eigenvalue weighted by molar-refractivity contribution is 0.0612. The summed E-state index contributed by atoms with van der Waals surface area (Å²) in [6.07, 6.45) is 1.88. The van der Waals surface area contributed by atoms with E-state index in [1.165, 1.54) is 11.3 Å². The van der Waals surface area contributed by atoms with E-state index < -0.39 is 0 Å². The number of nitrogens with one attached hydrogen (secondary N) is 1. The molecular weight excluding hydrogens is 342 g/mol. The zero-order valence-electron chi connectivity index (χ0n) is 15.8. The van der Waals surface area contributed by atoms with E-state index in [0.29, 0.717) is 12.4 Å². The van der Waals surface area contributed by atoms with E-state index in [2.05, 4.69) is 21.9 Å². The first-order valence-electron chi connectivity index (χ1n) is 9.25. The first-order valence-corrected chi connectivity index (χ1v) is 9.25. The second-order valence-corrected chi connectivity index (χ2v) is 7.03. The quantitative estimate of drug-likeness (QED) is 0.751. The third kappa shape index (κ3) is 3.61. The van der Waals surface area contributed by atoms with Crippen molar-refractivity contribution in [3.05, 3.63) is 53.5 Å². The number of hydrogen-bond acceptors (Lipinski definition) is 4. The standard InChI is InChI=1S/C20H25N5O2/c1-15-12-21-25(14-27-2)19(15)13-23-7-9-24(10-8-23)20(26)18-11-16-5-3-4-6-17(16)22-18/h3-6,11-12,22H,7-10,13-14H2,1-2H3. The Morgan fingerprint density at radius 3 is 2.74 bits per heavy atom. The molecule has 3 aromatic rings. The summed E-state index contributed by atoms with van der Waals surface area (Å²) in [5.74, 6) is 0.0754. The van der Waals surface area contributed by atoms with Gasteiger partial charge in [-0.25, -0.2) is 4.68 Å². The third-order valence-electron chi connectivity index (χ3n) is 5.20. The highest BCUT2D eigenvalue weighted by atomic mass is 16.5. The van der Waals surface area contributed by atoms with Crippen LogP contribution >= 0.6 is 0 Å². The number of fused-ring (bicyclic) bond motifs is 1. The van der Waals surface area contributed by atoms with Crippen LogP contribution in [0.5, 0.6) is 0 Å². The van der Waals surface area contributed by atoms with Gasteiger partial charge in [0, 0.05) is 50.7 Å². The number of carbonyl (C=O) groups is 1. The summed E-state index contributed by atoms with van der Waals surface area (Å²) in [6.45, 7) is 6.51. The van der Waals surface area contributed by atoms with Gasteiger partial charge in [0.15, 0.2) is 0 Å². The molecule has 7 heteroatoms. The van der Waals surface area contributed by atoms with Crippen LogP contribution in [0.4, 0.5) is 0 Å². The molecule has 4 rings (SSSR count). The van der Waals surface area contributed by atoms with Crippen LogP contribution in [0.3, 0.4) is 0 Å². The Bertz CT molecular complexity index is 904. The molecule has 1 aliphatic heterocycles. The van der Waals surface area contributed by atoms with Crippen molar-refractivity contribution >= 4 is 16.8 Å². The Hall–Kier alpha value is -2.64. The monoisotopic (exact) mass is 367 g/mol. The number of para-hydroxylation sites is 1. The number of methoxy groups -OCH3 is 1. The number of carbonyl (C=O) groups excluding carboxylic acids is 1. The number of rotatable bonds is 5. The van der Waals surface area contributed by atoms with Gasteiger partial charge in [-0.1, -0.05) is 18.2 Å². The highest BCUT2D eigenvalue weighted by Crippen LogP contribution is 2.18. The summed E-state index contributed by atoms with van der Waals surface area (Å²) in [6, 6.07) is 9.92. The normalized spacial score (nSPS) is 15.6. The fourth-order valence-electron chi connectivity index (χ4n) is 3.62. The molecule has 0 saturated carbocycles. The maximum absolute atomic E-state index is 12.8. The number of aromatic amines is 1. The molecule has 0 spiro atoms. The van der Waals surface area contributed by atoms with Gasteiger partial charge in [-0.15, -0.1) is 0 Å². The predicted molar refractivity (Wildman–Crippen MR) is 103 cm³/mol. The molecule has 0 bridgehead atoms. The Labute approximate surface area is 158 Å². The van der Waals surface area contributed by atoms with E-state index in [1.54, 1.807) is 7.11 Å². The molecule has 0 unspecified atom stereocenters. The number of aromatic nitrogens is 3. The lowest BCUT2D eigenvalue weighted by Gasteiger charge is -2.34. The molecule has 0 aliphatic carbocycles. The Kier molecular flexibility index (Phi) is 4.96. The van der Waals surface area contributed by atoms with Gasteiger partial charge >= 0.3 is 0 Å². The van der Waals surface area contributed by atoms with Gasteiger partial charge in [0.25, 0.3) is 5.91 Å². The summed E-state index contributed by atoms with van der Waals surface area (Å²) in [5.41, 5.74) is 4.01. The van der Waals surface area contributed by atoms with Crippen LogP contribution in [0.15, 0.2) is 36.5 Å². The number of H-pyrrole nitrogens is 1. The number of aryl methyl sites for hydroxylation is 1. The second kappa shape index (κ2) is 7.54. The summed E-state index contributed by atoms with van der Waals surface area (Å²) in [5, 5.41) is 5.44. The average molecular weight is 367 g/mol. The molecule has 1 aliphatic rings. The van der Waals surface area contributed by atoms with Gasteiger partial charge in [-0.05, 0) is 24.6 Å². The molecule has 0 atom stereocenters. The second-order valence-electron chi connectivity index (χ2n) is 7.03. The van der Waals surface area contributed by atoms with Crippen LogP contribution in [0.1, 0.15) is 21.7 Å². The summed E-state index contributed by atoms with van der Waals surface area (Å²) in [7, 11) is 1.68. The zero-order chi connectivity index (χ0) is 18.8. The number of benzene rings is 1. The first-order chi connectivity index (χ1) is 13.2. The first kappa shape index (κ1) is 17.8. The van der Waals surface area contributed by atoms with Crippen molar-refractivity contribution in [3.8, 4) is 0 Å². The molecule has 1 fully saturated rings. The van der Waals surface area contributed by atoms with Crippen molar-refractivity contribution in [2.75, 3.05) is 33.3 Å². The third-order valence-corrected chi connectivity index (χ3v) is 5.20. The number of ether oxygens (including phenoxy) is 1. The van der Waals surface area contributed by atoms with Crippen molar-refractivity contribution in [3.63, 3.8) is 0 Å². The van der Waals surface area contributed by atoms with Crippen LogP contribution < -0.4 is 0 Å². The van der Waals surface area contributed by atoms with Crippen LogP contribution in [-0.2, 0) is 18.0 Å². The van der Waals surface area contributed by atoms with Crippen molar-refractivity contribution in [1.29, 1.82) is 0 Å². The molecule has 7 nitrogen and oxygen atoms in total.